The van der Waals surface area contributed by atoms with E-state index in [0.717, 1.165) is 5.56 Å². The van der Waals surface area contributed by atoms with Crippen LogP contribution in [0.5, 0.6) is 0 Å². The lowest BCUT2D eigenvalue weighted by molar-refractivity contribution is -0.143. The zero-order valence-corrected chi connectivity index (χ0v) is 18.8. The standard InChI is InChI=1S/C23H24F6N2O.ClH/c1-14(16-10-17(22(24,25)26)12-18(11-16)23(27,28)29)31(2)21(32)19-8-9-30-13-20(19)15-6-4-3-5-7-15;/h3-7,10-12,14,19-20,30H,8-9,13H2,1-2H3;1H/t14-,19?,20?;/m1./s1. The highest BCUT2D eigenvalue weighted by Gasteiger charge is 2.39. The number of nitrogens with one attached hydrogen (secondary N) is 1. The first-order valence-corrected chi connectivity index (χ1v) is 10.2. The molecule has 1 amide bonds. The number of piperidine rings is 1. The largest absolute Gasteiger partial charge is 0.416 e. The Hall–Kier alpha value is -2.26. The van der Waals surface area contributed by atoms with Crippen molar-refractivity contribution in [2.45, 2.75) is 37.7 Å². The Kier molecular flexibility index (Phi) is 8.46. The van der Waals surface area contributed by atoms with Crippen molar-refractivity contribution in [2.24, 2.45) is 5.92 Å². The van der Waals surface area contributed by atoms with Gasteiger partial charge in [0, 0.05) is 25.4 Å². The summed E-state index contributed by atoms with van der Waals surface area (Å²) in [6.45, 7) is 2.60. The van der Waals surface area contributed by atoms with E-state index < -0.39 is 35.4 Å². The van der Waals surface area contributed by atoms with E-state index in [9.17, 15) is 31.1 Å². The summed E-state index contributed by atoms with van der Waals surface area (Å²) in [5, 5.41) is 3.25. The van der Waals surface area contributed by atoms with Crippen LogP contribution in [0.1, 0.15) is 47.6 Å². The molecule has 0 aliphatic carbocycles. The second kappa shape index (κ2) is 10.3. The number of halogens is 7. The van der Waals surface area contributed by atoms with Gasteiger partial charge in [-0.2, -0.15) is 26.3 Å². The molecule has 1 fully saturated rings. The van der Waals surface area contributed by atoms with Crippen LogP contribution in [-0.4, -0.2) is 30.9 Å². The fourth-order valence-corrected chi connectivity index (χ4v) is 4.10. The van der Waals surface area contributed by atoms with Crippen LogP contribution < -0.4 is 5.32 Å². The Morgan fingerprint density at radius 2 is 1.55 bits per heavy atom. The van der Waals surface area contributed by atoms with Crippen molar-refractivity contribution in [3.8, 4) is 0 Å². The first kappa shape index (κ1) is 27.0. The number of amides is 1. The highest BCUT2D eigenvalue weighted by molar-refractivity contribution is 5.85. The highest BCUT2D eigenvalue weighted by Crippen LogP contribution is 2.39. The summed E-state index contributed by atoms with van der Waals surface area (Å²) in [4.78, 5) is 14.6. The third-order valence-corrected chi connectivity index (χ3v) is 6.05. The van der Waals surface area contributed by atoms with Crippen LogP contribution in [0.4, 0.5) is 26.3 Å². The van der Waals surface area contributed by atoms with Crippen molar-refractivity contribution in [3.63, 3.8) is 0 Å². The van der Waals surface area contributed by atoms with E-state index in [0.29, 0.717) is 31.6 Å². The average Bonchev–Trinajstić information content (AvgIpc) is 2.76. The number of benzene rings is 2. The molecule has 1 heterocycles. The molecule has 2 aromatic carbocycles. The van der Waals surface area contributed by atoms with Gasteiger partial charge in [0.25, 0.3) is 0 Å². The number of hydrogen-bond acceptors (Lipinski definition) is 2. The number of carbonyl (C=O) groups is 1. The van der Waals surface area contributed by atoms with E-state index in [-0.39, 0.29) is 35.9 Å². The molecule has 10 heteroatoms. The fourth-order valence-electron chi connectivity index (χ4n) is 4.10. The van der Waals surface area contributed by atoms with Crippen LogP contribution >= 0.6 is 12.4 Å². The van der Waals surface area contributed by atoms with Crippen LogP contribution in [0.3, 0.4) is 0 Å². The third kappa shape index (κ3) is 6.20. The summed E-state index contributed by atoms with van der Waals surface area (Å²) in [5.41, 5.74) is -2.04. The highest BCUT2D eigenvalue weighted by atomic mass is 35.5. The first-order chi connectivity index (χ1) is 14.9. The molecule has 1 N–H and O–H groups in total. The van der Waals surface area contributed by atoms with Crippen LogP contribution in [0, 0.1) is 5.92 Å². The third-order valence-electron chi connectivity index (χ3n) is 6.05. The lowest BCUT2D eigenvalue weighted by Crippen LogP contribution is -2.44. The van der Waals surface area contributed by atoms with E-state index >= 15 is 0 Å². The van der Waals surface area contributed by atoms with Crippen molar-refractivity contribution < 1.29 is 31.1 Å². The summed E-state index contributed by atoms with van der Waals surface area (Å²) >= 11 is 0. The average molecular weight is 495 g/mol. The first-order valence-electron chi connectivity index (χ1n) is 10.2. The summed E-state index contributed by atoms with van der Waals surface area (Å²) in [6, 6.07) is 9.87. The molecule has 1 aliphatic heterocycles. The molecule has 33 heavy (non-hydrogen) atoms. The Labute approximate surface area is 194 Å². The molecule has 0 aromatic heterocycles. The van der Waals surface area contributed by atoms with Gasteiger partial charge in [0.05, 0.1) is 17.2 Å². The molecular formula is C23H25ClF6N2O. The Morgan fingerprint density at radius 3 is 2.06 bits per heavy atom. The van der Waals surface area contributed by atoms with Gasteiger partial charge in [-0.25, -0.2) is 0 Å². The lowest BCUT2D eigenvalue weighted by Gasteiger charge is -2.36. The smallest absolute Gasteiger partial charge is 0.339 e. The molecular weight excluding hydrogens is 470 g/mol. The van der Waals surface area contributed by atoms with Gasteiger partial charge in [-0.15, -0.1) is 12.4 Å². The quantitative estimate of drug-likeness (QED) is 0.524. The zero-order chi connectivity index (χ0) is 23.7. The van der Waals surface area contributed by atoms with Gasteiger partial charge in [-0.05, 0) is 49.2 Å². The molecule has 2 unspecified atom stereocenters. The molecule has 0 saturated carbocycles. The van der Waals surface area contributed by atoms with Gasteiger partial charge >= 0.3 is 12.4 Å². The van der Waals surface area contributed by atoms with E-state index in [4.69, 9.17) is 0 Å². The van der Waals surface area contributed by atoms with Gasteiger partial charge < -0.3 is 10.2 Å². The van der Waals surface area contributed by atoms with Crippen molar-refractivity contribution in [1.82, 2.24) is 10.2 Å². The molecule has 3 atom stereocenters. The molecule has 182 valence electrons. The van der Waals surface area contributed by atoms with Gasteiger partial charge in [0.1, 0.15) is 0 Å². The van der Waals surface area contributed by atoms with Crippen LogP contribution in [0.2, 0.25) is 0 Å². The van der Waals surface area contributed by atoms with Gasteiger partial charge in [0.2, 0.25) is 5.91 Å². The monoisotopic (exact) mass is 494 g/mol. The number of alkyl halides is 6. The fraction of sp³-hybridized carbons (Fsp3) is 0.435. The second-order valence-corrected chi connectivity index (χ2v) is 8.08. The zero-order valence-electron chi connectivity index (χ0n) is 18.0. The molecule has 1 aliphatic rings. The molecule has 0 radical (unpaired) electrons. The van der Waals surface area contributed by atoms with Crippen LogP contribution in [0.25, 0.3) is 0 Å². The van der Waals surface area contributed by atoms with E-state index in [2.05, 4.69) is 5.32 Å². The number of rotatable bonds is 4. The SMILES string of the molecule is C[C@H](c1cc(C(F)(F)F)cc(C(F)(F)F)c1)N(C)C(=O)C1CCNCC1c1ccccc1.Cl. The molecule has 0 spiro atoms. The predicted octanol–water partition coefficient (Wildman–Crippen LogP) is 6.06. The topological polar surface area (TPSA) is 32.3 Å². The number of carbonyl (C=O) groups excluding carboxylic acids is 1. The van der Waals surface area contributed by atoms with E-state index in [1.807, 2.05) is 30.3 Å². The van der Waals surface area contributed by atoms with Crippen molar-refractivity contribution in [1.29, 1.82) is 0 Å². The molecule has 1 saturated heterocycles. The number of nitrogens with zero attached hydrogens (tertiary/aromatic N) is 1. The van der Waals surface area contributed by atoms with Crippen molar-refractivity contribution in [3.05, 3.63) is 70.8 Å². The van der Waals surface area contributed by atoms with Crippen LogP contribution in [-0.2, 0) is 17.1 Å². The second-order valence-electron chi connectivity index (χ2n) is 8.08. The minimum atomic E-state index is -4.94. The Balaban J connectivity index is 0.00000385. The number of hydrogen-bond donors (Lipinski definition) is 1. The van der Waals surface area contributed by atoms with Crippen molar-refractivity contribution >= 4 is 18.3 Å². The van der Waals surface area contributed by atoms with Gasteiger partial charge in [0.15, 0.2) is 0 Å². The maximum Gasteiger partial charge on any atom is 0.416 e. The van der Waals surface area contributed by atoms with E-state index in [1.165, 1.54) is 18.9 Å². The maximum atomic E-state index is 13.3. The summed E-state index contributed by atoms with van der Waals surface area (Å²) < 4.78 is 79.4. The van der Waals surface area contributed by atoms with Crippen molar-refractivity contribution in [2.75, 3.05) is 20.1 Å². The molecule has 3 nitrogen and oxygen atoms in total. The van der Waals surface area contributed by atoms with Gasteiger partial charge in [-0.1, -0.05) is 30.3 Å². The summed E-state index contributed by atoms with van der Waals surface area (Å²) in [6.07, 6.45) is -9.36. The minimum Gasteiger partial charge on any atom is -0.339 e. The molecule has 2 aromatic rings. The normalized spacial score (nSPS) is 20.0. The Bertz CT molecular complexity index is 916. The minimum absolute atomic E-state index is 0. The van der Waals surface area contributed by atoms with E-state index in [1.54, 1.807) is 0 Å². The molecule has 3 rings (SSSR count). The lowest BCUT2D eigenvalue weighted by atomic mass is 9.80. The maximum absolute atomic E-state index is 13.3. The predicted molar refractivity (Wildman–Crippen MR) is 115 cm³/mol. The van der Waals surface area contributed by atoms with Crippen LogP contribution in [0.15, 0.2) is 48.5 Å². The Morgan fingerprint density at radius 1 is 1.00 bits per heavy atom. The summed E-state index contributed by atoms with van der Waals surface area (Å²) in [7, 11) is 1.42. The van der Waals surface area contributed by atoms with Gasteiger partial charge in [-0.3, -0.25) is 4.79 Å². The molecule has 0 bridgehead atoms. The summed E-state index contributed by atoms with van der Waals surface area (Å²) in [5.74, 6) is -0.878.